The molecule has 1 aromatic carbocycles. The first-order valence-corrected chi connectivity index (χ1v) is 11.0. The molecule has 0 bridgehead atoms. The topological polar surface area (TPSA) is 79.6 Å². The third-order valence-corrected chi connectivity index (χ3v) is 5.49. The van der Waals surface area contributed by atoms with Gasteiger partial charge < -0.3 is 20.3 Å². The van der Waals surface area contributed by atoms with E-state index in [-0.39, 0.29) is 12.2 Å². The molecule has 4 aromatic rings. The minimum atomic E-state index is 0.154. The van der Waals surface area contributed by atoms with E-state index in [1.165, 1.54) is 0 Å². The Bertz CT molecular complexity index is 1240. The number of hydrogen-bond donors (Lipinski definition) is 2. The van der Waals surface area contributed by atoms with Crippen LogP contribution < -0.4 is 15.5 Å². The molecule has 0 amide bonds. The summed E-state index contributed by atoms with van der Waals surface area (Å²) in [6.45, 7) is 9.84. The normalized spacial score (nSPS) is 18.3. The SMILES string of the molecule is C=C(Nc1ccc(-c2nc(N3C[C@@H](C)O[C@@H](C)C3)c3cccn3n2)cc1)Nc1cccnc1. The second kappa shape index (κ2) is 8.91. The van der Waals surface area contributed by atoms with Crippen LogP contribution in [0, 0.1) is 0 Å². The molecule has 8 nitrogen and oxygen atoms in total. The van der Waals surface area contributed by atoms with Crippen LogP contribution in [0.4, 0.5) is 17.2 Å². The van der Waals surface area contributed by atoms with Gasteiger partial charge in [0.25, 0.3) is 0 Å². The Morgan fingerprint density at radius 1 is 1.00 bits per heavy atom. The summed E-state index contributed by atoms with van der Waals surface area (Å²) in [7, 11) is 0. The van der Waals surface area contributed by atoms with Gasteiger partial charge >= 0.3 is 0 Å². The van der Waals surface area contributed by atoms with E-state index in [0.29, 0.717) is 11.6 Å². The molecule has 2 N–H and O–H groups in total. The summed E-state index contributed by atoms with van der Waals surface area (Å²) in [5.41, 5.74) is 3.73. The number of fused-ring (bicyclic) bond motifs is 1. The van der Waals surface area contributed by atoms with Crippen LogP contribution in [0.2, 0.25) is 0 Å². The van der Waals surface area contributed by atoms with Crippen molar-refractivity contribution in [1.82, 2.24) is 19.6 Å². The Labute approximate surface area is 192 Å². The number of ether oxygens (including phenoxy) is 1. The van der Waals surface area contributed by atoms with Crippen molar-refractivity contribution in [3.05, 3.63) is 79.5 Å². The second-order valence-electron chi connectivity index (χ2n) is 8.31. The molecule has 0 unspecified atom stereocenters. The van der Waals surface area contributed by atoms with Crippen LogP contribution in [0.3, 0.4) is 0 Å². The number of anilines is 3. The maximum atomic E-state index is 5.91. The van der Waals surface area contributed by atoms with Crippen molar-refractivity contribution in [2.24, 2.45) is 0 Å². The highest BCUT2D eigenvalue weighted by Crippen LogP contribution is 2.27. The van der Waals surface area contributed by atoms with Gasteiger partial charge in [-0.1, -0.05) is 6.58 Å². The van der Waals surface area contributed by atoms with Gasteiger partial charge in [-0.25, -0.2) is 9.50 Å². The highest BCUT2D eigenvalue weighted by molar-refractivity contribution is 5.72. The van der Waals surface area contributed by atoms with Crippen LogP contribution in [-0.2, 0) is 4.74 Å². The number of morpholine rings is 1. The molecule has 0 saturated carbocycles. The van der Waals surface area contributed by atoms with Crippen LogP contribution in [0.15, 0.2) is 79.5 Å². The molecule has 0 aliphatic carbocycles. The molecule has 168 valence electrons. The van der Waals surface area contributed by atoms with Gasteiger partial charge in [-0.15, -0.1) is 5.10 Å². The van der Waals surface area contributed by atoms with Crippen molar-refractivity contribution in [3.8, 4) is 11.4 Å². The summed E-state index contributed by atoms with van der Waals surface area (Å²) in [6.07, 6.45) is 5.75. The molecule has 1 aliphatic heterocycles. The second-order valence-corrected chi connectivity index (χ2v) is 8.31. The van der Waals surface area contributed by atoms with Crippen molar-refractivity contribution in [1.29, 1.82) is 0 Å². The summed E-state index contributed by atoms with van der Waals surface area (Å²) in [5, 5.41) is 11.2. The summed E-state index contributed by atoms with van der Waals surface area (Å²) in [5.74, 6) is 2.28. The van der Waals surface area contributed by atoms with E-state index in [0.717, 1.165) is 41.4 Å². The van der Waals surface area contributed by atoms with Gasteiger partial charge in [0.1, 0.15) is 11.3 Å². The zero-order chi connectivity index (χ0) is 22.8. The van der Waals surface area contributed by atoms with Crippen molar-refractivity contribution in [2.75, 3.05) is 28.6 Å². The minimum Gasteiger partial charge on any atom is -0.372 e. The third kappa shape index (κ3) is 4.65. The molecule has 4 heterocycles. The van der Waals surface area contributed by atoms with Gasteiger partial charge in [0.05, 0.1) is 24.1 Å². The van der Waals surface area contributed by atoms with E-state index in [4.69, 9.17) is 14.8 Å². The lowest BCUT2D eigenvalue weighted by molar-refractivity contribution is -0.00539. The summed E-state index contributed by atoms with van der Waals surface area (Å²) >= 11 is 0. The zero-order valence-electron chi connectivity index (χ0n) is 18.8. The fraction of sp³-hybridized carbons (Fsp3) is 0.240. The molecule has 8 heteroatoms. The summed E-state index contributed by atoms with van der Waals surface area (Å²) in [4.78, 5) is 11.4. The van der Waals surface area contributed by atoms with Gasteiger partial charge in [-0.2, -0.15) is 0 Å². The largest absolute Gasteiger partial charge is 0.372 e. The third-order valence-electron chi connectivity index (χ3n) is 5.49. The molecule has 0 spiro atoms. The molecule has 33 heavy (non-hydrogen) atoms. The van der Waals surface area contributed by atoms with E-state index in [2.05, 4.69) is 47.0 Å². The minimum absolute atomic E-state index is 0.154. The molecule has 0 radical (unpaired) electrons. The van der Waals surface area contributed by atoms with Crippen LogP contribution in [0.1, 0.15) is 13.8 Å². The monoisotopic (exact) mass is 441 g/mol. The molecular formula is C25H27N7O. The van der Waals surface area contributed by atoms with Gasteiger partial charge in [-0.05, 0) is 62.4 Å². The fourth-order valence-electron chi connectivity index (χ4n) is 4.14. The van der Waals surface area contributed by atoms with Crippen LogP contribution in [0.5, 0.6) is 0 Å². The number of aromatic nitrogens is 4. The average molecular weight is 442 g/mol. The quantitative estimate of drug-likeness (QED) is 0.459. The first-order valence-electron chi connectivity index (χ1n) is 11.0. The fourth-order valence-corrected chi connectivity index (χ4v) is 4.14. The van der Waals surface area contributed by atoms with Crippen molar-refractivity contribution < 1.29 is 4.74 Å². The molecule has 1 fully saturated rings. The number of rotatable bonds is 6. The van der Waals surface area contributed by atoms with Gasteiger partial charge in [0.2, 0.25) is 0 Å². The van der Waals surface area contributed by atoms with E-state index >= 15 is 0 Å². The highest BCUT2D eigenvalue weighted by atomic mass is 16.5. The summed E-state index contributed by atoms with van der Waals surface area (Å²) < 4.78 is 7.81. The predicted molar refractivity (Wildman–Crippen MR) is 131 cm³/mol. The Morgan fingerprint density at radius 2 is 1.76 bits per heavy atom. The molecule has 2 atom stereocenters. The zero-order valence-corrected chi connectivity index (χ0v) is 18.8. The van der Waals surface area contributed by atoms with Crippen LogP contribution >= 0.6 is 0 Å². The number of nitrogens with one attached hydrogen (secondary N) is 2. The van der Waals surface area contributed by atoms with Gasteiger partial charge in [0.15, 0.2) is 11.6 Å². The van der Waals surface area contributed by atoms with E-state index < -0.39 is 0 Å². The average Bonchev–Trinajstić information content (AvgIpc) is 3.28. The van der Waals surface area contributed by atoms with Crippen LogP contribution in [0.25, 0.3) is 16.9 Å². The van der Waals surface area contributed by atoms with Gasteiger partial charge in [0, 0.05) is 36.7 Å². The first-order chi connectivity index (χ1) is 16.0. The van der Waals surface area contributed by atoms with Crippen LogP contribution in [-0.4, -0.2) is 44.9 Å². The smallest absolute Gasteiger partial charge is 0.182 e. The van der Waals surface area contributed by atoms with E-state index in [1.54, 1.807) is 12.4 Å². The Kier molecular flexibility index (Phi) is 5.66. The summed E-state index contributed by atoms with van der Waals surface area (Å²) in [6, 6.07) is 15.9. The lowest BCUT2D eigenvalue weighted by atomic mass is 10.2. The van der Waals surface area contributed by atoms with Gasteiger partial charge in [-0.3, -0.25) is 4.98 Å². The van der Waals surface area contributed by atoms with E-state index in [9.17, 15) is 0 Å². The lowest BCUT2D eigenvalue weighted by Crippen LogP contribution is -2.46. The maximum absolute atomic E-state index is 5.91. The highest BCUT2D eigenvalue weighted by Gasteiger charge is 2.25. The number of nitrogens with zero attached hydrogens (tertiary/aromatic N) is 5. The molecular weight excluding hydrogens is 414 g/mol. The number of hydrogen-bond acceptors (Lipinski definition) is 7. The Balaban J connectivity index is 1.37. The first kappa shape index (κ1) is 21.0. The Morgan fingerprint density at radius 3 is 2.48 bits per heavy atom. The standard InChI is InChI=1S/C25H27N7O/c1-17-15-31(16-18(2)33-17)25-23-7-5-13-32(23)30-24(29-25)20-8-10-21(11-9-20)27-19(3)28-22-6-4-12-26-14-22/h4-14,17-18,27-28H,3,15-16H2,1-2H3/t17-,18+. The predicted octanol–water partition coefficient (Wildman–Crippen LogP) is 4.40. The molecule has 1 aliphatic rings. The molecule has 3 aromatic heterocycles. The Hall–Kier alpha value is -3.91. The maximum Gasteiger partial charge on any atom is 0.182 e. The lowest BCUT2D eigenvalue weighted by Gasteiger charge is -2.36. The number of pyridine rings is 1. The van der Waals surface area contributed by atoms with Crippen molar-refractivity contribution in [3.63, 3.8) is 0 Å². The van der Waals surface area contributed by atoms with Crippen molar-refractivity contribution in [2.45, 2.75) is 26.1 Å². The number of benzene rings is 1. The van der Waals surface area contributed by atoms with Crippen molar-refractivity contribution >= 4 is 22.7 Å². The van der Waals surface area contributed by atoms with E-state index in [1.807, 2.05) is 53.2 Å². The molecule has 5 rings (SSSR count). The molecule has 1 saturated heterocycles.